The van der Waals surface area contributed by atoms with Gasteiger partial charge in [-0.3, -0.25) is 9.69 Å². The van der Waals surface area contributed by atoms with Gasteiger partial charge in [-0.15, -0.1) is 5.10 Å². The number of fused-ring (bicyclic) bond motifs is 1. The number of tetrazole rings is 1. The van der Waals surface area contributed by atoms with Gasteiger partial charge < -0.3 is 14.5 Å². The number of aromatic nitrogens is 5. The highest BCUT2D eigenvalue weighted by atomic mass is 16.5. The zero-order chi connectivity index (χ0) is 24.2. The van der Waals surface area contributed by atoms with E-state index in [0.29, 0.717) is 19.1 Å². The van der Waals surface area contributed by atoms with Gasteiger partial charge in [-0.25, -0.2) is 4.68 Å². The van der Waals surface area contributed by atoms with Crippen LogP contribution >= 0.6 is 0 Å². The lowest BCUT2D eigenvalue weighted by Gasteiger charge is -2.39. The Morgan fingerprint density at radius 3 is 2.80 bits per heavy atom. The smallest absolute Gasteiger partial charge is 0.252 e. The van der Waals surface area contributed by atoms with Gasteiger partial charge in [0, 0.05) is 30.8 Å². The Hall–Kier alpha value is -2.78. The van der Waals surface area contributed by atoms with Crippen molar-refractivity contribution >= 4 is 10.9 Å². The molecule has 3 heterocycles. The summed E-state index contributed by atoms with van der Waals surface area (Å²) in [6.07, 6.45) is 9.13. The number of rotatable bonds is 9. The quantitative estimate of drug-likeness (QED) is 0.494. The third-order valence-electron chi connectivity index (χ3n) is 7.57. The van der Waals surface area contributed by atoms with Crippen molar-refractivity contribution in [3.8, 4) is 5.75 Å². The summed E-state index contributed by atoms with van der Waals surface area (Å²) in [7, 11) is 1.63. The van der Waals surface area contributed by atoms with Crippen molar-refractivity contribution in [3.63, 3.8) is 0 Å². The van der Waals surface area contributed by atoms with Gasteiger partial charge in [0.1, 0.15) is 5.75 Å². The molecule has 2 unspecified atom stereocenters. The predicted octanol–water partition coefficient (Wildman–Crippen LogP) is 3.99. The van der Waals surface area contributed by atoms with E-state index in [4.69, 9.17) is 9.47 Å². The lowest BCUT2D eigenvalue weighted by molar-refractivity contribution is 0.0734. The Balaban J connectivity index is 1.47. The Bertz CT molecular complexity index is 1180. The minimum atomic E-state index is -0.0552. The van der Waals surface area contributed by atoms with Gasteiger partial charge in [-0.05, 0) is 66.1 Å². The lowest BCUT2D eigenvalue weighted by atomic mass is 9.92. The summed E-state index contributed by atoms with van der Waals surface area (Å²) in [5.74, 6) is 1.60. The van der Waals surface area contributed by atoms with E-state index in [1.165, 1.54) is 19.3 Å². The molecule has 2 fully saturated rings. The molecular formula is C26H36N6O3. The molecule has 1 aliphatic heterocycles. The molecule has 0 bridgehead atoms. The molecular weight excluding hydrogens is 444 g/mol. The number of hydrogen-bond acceptors (Lipinski definition) is 7. The SMILES string of the molecule is CCC(c1nnnn1CC1CCCO1)N(Cc1cc2ccc(OC)cc2[nH]c1=O)C1CCCCC1. The molecule has 2 aromatic heterocycles. The highest BCUT2D eigenvalue weighted by molar-refractivity contribution is 5.80. The van der Waals surface area contributed by atoms with Crippen molar-refractivity contribution in [1.29, 1.82) is 0 Å². The monoisotopic (exact) mass is 480 g/mol. The summed E-state index contributed by atoms with van der Waals surface area (Å²) >= 11 is 0. The third kappa shape index (κ3) is 5.26. The van der Waals surface area contributed by atoms with Gasteiger partial charge >= 0.3 is 0 Å². The molecule has 0 spiro atoms. The van der Waals surface area contributed by atoms with Crippen molar-refractivity contribution < 1.29 is 9.47 Å². The van der Waals surface area contributed by atoms with Crippen LogP contribution in [0, 0.1) is 0 Å². The molecule has 1 saturated carbocycles. The Kier molecular flexibility index (Phi) is 7.43. The molecule has 1 aliphatic carbocycles. The molecule has 5 rings (SSSR count). The number of pyridine rings is 1. The maximum Gasteiger partial charge on any atom is 0.252 e. The first-order valence-electron chi connectivity index (χ1n) is 13.0. The maximum absolute atomic E-state index is 13.2. The van der Waals surface area contributed by atoms with Crippen molar-refractivity contribution in [2.24, 2.45) is 0 Å². The number of nitrogens with one attached hydrogen (secondary N) is 1. The van der Waals surface area contributed by atoms with Crippen LogP contribution in [0.4, 0.5) is 0 Å². The molecule has 1 saturated heterocycles. The van der Waals surface area contributed by atoms with Crippen molar-refractivity contribution in [2.45, 2.75) is 89.6 Å². The summed E-state index contributed by atoms with van der Waals surface area (Å²) in [6.45, 7) is 4.23. The van der Waals surface area contributed by atoms with E-state index in [1.54, 1.807) is 7.11 Å². The summed E-state index contributed by atoms with van der Waals surface area (Å²) < 4.78 is 13.1. The zero-order valence-corrected chi connectivity index (χ0v) is 20.8. The van der Waals surface area contributed by atoms with Gasteiger partial charge in [0.2, 0.25) is 0 Å². The number of nitrogens with zero attached hydrogens (tertiary/aromatic N) is 5. The molecule has 1 aromatic carbocycles. The number of ether oxygens (including phenoxy) is 2. The van der Waals surface area contributed by atoms with Crippen LogP contribution in [-0.2, 0) is 17.8 Å². The molecule has 9 nitrogen and oxygen atoms in total. The van der Waals surface area contributed by atoms with E-state index in [-0.39, 0.29) is 17.7 Å². The van der Waals surface area contributed by atoms with Crippen molar-refractivity contribution in [3.05, 3.63) is 46.0 Å². The molecule has 3 aromatic rings. The molecule has 35 heavy (non-hydrogen) atoms. The van der Waals surface area contributed by atoms with Gasteiger partial charge in [0.05, 0.1) is 31.3 Å². The number of hydrogen-bond donors (Lipinski definition) is 1. The van der Waals surface area contributed by atoms with Crippen LogP contribution in [0.3, 0.4) is 0 Å². The third-order valence-corrected chi connectivity index (χ3v) is 7.57. The molecule has 0 radical (unpaired) electrons. The van der Waals surface area contributed by atoms with Crippen LogP contribution in [0.2, 0.25) is 0 Å². The first kappa shape index (κ1) is 23.9. The fraction of sp³-hybridized carbons (Fsp3) is 0.615. The van der Waals surface area contributed by atoms with Crippen molar-refractivity contribution in [2.75, 3.05) is 13.7 Å². The molecule has 1 N–H and O–H groups in total. The standard InChI is InChI=1S/C26H36N6O3/c1-3-24(25-28-29-30-32(25)17-22-10-7-13-35-22)31(20-8-5-4-6-9-20)16-19-14-18-11-12-21(34-2)15-23(18)27-26(19)33/h11-12,14-15,20,22,24H,3-10,13,16-17H2,1-2H3,(H,27,33). The van der Waals surface area contributed by atoms with Crippen LogP contribution in [-0.4, -0.2) is 56.0 Å². The summed E-state index contributed by atoms with van der Waals surface area (Å²) in [5.41, 5.74) is 1.50. The van der Waals surface area contributed by atoms with Gasteiger partial charge in [-0.2, -0.15) is 0 Å². The second-order valence-electron chi connectivity index (χ2n) is 9.82. The highest BCUT2D eigenvalue weighted by Crippen LogP contribution is 2.33. The Morgan fingerprint density at radius 2 is 2.06 bits per heavy atom. The van der Waals surface area contributed by atoms with E-state index in [9.17, 15) is 4.79 Å². The van der Waals surface area contributed by atoms with E-state index >= 15 is 0 Å². The lowest BCUT2D eigenvalue weighted by Crippen LogP contribution is -2.41. The number of H-pyrrole nitrogens is 1. The van der Waals surface area contributed by atoms with Crippen molar-refractivity contribution in [1.82, 2.24) is 30.1 Å². The summed E-state index contributed by atoms with van der Waals surface area (Å²) in [4.78, 5) is 18.7. The normalized spacial score (nSPS) is 20.0. The zero-order valence-electron chi connectivity index (χ0n) is 20.8. The molecule has 188 valence electrons. The molecule has 2 aliphatic rings. The topological polar surface area (TPSA) is 98.2 Å². The minimum absolute atomic E-state index is 0.0282. The van der Waals surface area contributed by atoms with Crippen LogP contribution in [0.5, 0.6) is 5.75 Å². The summed E-state index contributed by atoms with van der Waals surface area (Å²) in [6, 6.07) is 8.24. The average molecular weight is 481 g/mol. The van der Waals surface area contributed by atoms with Crippen LogP contribution < -0.4 is 10.3 Å². The number of benzene rings is 1. The Labute approximate surface area is 205 Å². The fourth-order valence-electron chi connectivity index (χ4n) is 5.70. The maximum atomic E-state index is 13.2. The van der Waals surface area contributed by atoms with Gasteiger partial charge in [0.15, 0.2) is 5.82 Å². The van der Waals surface area contributed by atoms with Crippen LogP contribution in [0.1, 0.15) is 75.7 Å². The summed E-state index contributed by atoms with van der Waals surface area (Å²) in [5, 5.41) is 13.9. The molecule has 0 amide bonds. The van der Waals surface area contributed by atoms with Gasteiger partial charge in [0.25, 0.3) is 5.56 Å². The number of methoxy groups -OCH3 is 1. The highest BCUT2D eigenvalue weighted by Gasteiger charge is 2.32. The number of aromatic amines is 1. The first-order valence-corrected chi connectivity index (χ1v) is 13.0. The largest absolute Gasteiger partial charge is 0.497 e. The first-order chi connectivity index (χ1) is 17.2. The minimum Gasteiger partial charge on any atom is -0.497 e. The van der Waals surface area contributed by atoms with E-state index in [0.717, 1.165) is 66.8 Å². The van der Waals surface area contributed by atoms with Gasteiger partial charge in [-0.1, -0.05) is 26.2 Å². The second kappa shape index (κ2) is 10.9. The Morgan fingerprint density at radius 1 is 1.20 bits per heavy atom. The van der Waals surface area contributed by atoms with E-state index in [2.05, 4.69) is 32.3 Å². The van der Waals surface area contributed by atoms with Crippen LogP contribution in [0.25, 0.3) is 10.9 Å². The van der Waals surface area contributed by atoms with E-state index in [1.807, 2.05) is 28.9 Å². The second-order valence-corrected chi connectivity index (χ2v) is 9.82. The average Bonchev–Trinajstić information content (AvgIpc) is 3.57. The molecule has 9 heteroatoms. The fourth-order valence-corrected chi connectivity index (χ4v) is 5.70. The predicted molar refractivity (Wildman–Crippen MR) is 133 cm³/mol. The van der Waals surface area contributed by atoms with Crippen LogP contribution in [0.15, 0.2) is 29.1 Å². The van der Waals surface area contributed by atoms with E-state index < -0.39 is 0 Å². The molecule has 2 atom stereocenters.